The van der Waals surface area contributed by atoms with Gasteiger partial charge in [-0.25, -0.2) is 0 Å². The third-order valence-corrected chi connectivity index (χ3v) is 4.51. The highest BCUT2D eigenvalue weighted by Gasteiger charge is 2.14. The van der Waals surface area contributed by atoms with Crippen molar-refractivity contribution in [2.75, 3.05) is 23.3 Å². The molecule has 1 unspecified atom stereocenters. The monoisotopic (exact) mass is 341 g/mol. The molecule has 2 aromatic rings. The molecule has 0 bridgehead atoms. The minimum atomic E-state index is 0.0322. The number of hydrogen-bond acceptors (Lipinski definition) is 4. The Kier molecular flexibility index (Phi) is 5.71. The van der Waals surface area contributed by atoms with Gasteiger partial charge >= 0.3 is 0 Å². The number of carbonyl (C=O) groups excluding carboxylic acids is 1. The van der Waals surface area contributed by atoms with Gasteiger partial charge in [-0.1, -0.05) is 6.07 Å². The number of carbonyl (C=O) groups is 1. The lowest BCUT2D eigenvalue weighted by Gasteiger charge is -2.19. The van der Waals surface area contributed by atoms with Gasteiger partial charge in [-0.05, 0) is 38.0 Å². The zero-order valence-electron chi connectivity index (χ0n) is 15.0. The average Bonchev–Trinajstić information content (AvgIpc) is 3.24. The van der Waals surface area contributed by atoms with Crippen LogP contribution in [0.25, 0.3) is 0 Å². The van der Waals surface area contributed by atoms with E-state index >= 15 is 0 Å². The first-order chi connectivity index (χ1) is 12.1. The Balaban J connectivity index is 1.47. The van der Waals surface area contributed by atoms with Crippen molar-refractivity contribution in [1.82, 2.24) is 15.1 Å². The van der Waals surface area contributed by atoms with Crippen LogP contribution < -0.4 is 15.5 Å². The summed E-state index contributed by atoms with van der Waals surface area (Å²) in [4.78, 5) is 14.7. The molecule has 1 saturated heterocycles. The molecule has 1 aliphatic heterocycles. The van der Waals surface area contributed by atoms with Crippen molar-refractivity contribution in [2.45, 2.75) is 38.8 Å². The van der Waals surface area contributed by atoms with Crippen molar-refractivity contribution in [3.8, 4) is 0 Å². The van der Waals surface area contributed by atoms with Gasteiger partial charge in [-0.3, -0.25) is 9.48 Å². The van der Waals surface area contributed by atoms with E-state index in [1.165, 1.54) is 18.5 Å². The van der Waals surface area contributed by atoms with Crippen molar-refractivity contribution in [3.05, 3.63) is 42.2 Å². The maximum atomic E-state index is 12.3. The van der Waals surface area contributed by atoms with E-state index in [0.29, 0.717) is 13.0 Å². The highest BCUT2D eigenvalue weighted by molar-refractivity contribution is 5.91. The number of rotatable bonds is 7. The summed E-state index contributed by atoms with van der Waals surface area (Å²) in [5, 5.41) is 10.5. The van der Waals surface area contributed by atoms with Crippen molar-refractivity contribution < 1.29 is 4.79 Å². The Labute approximate surface area is 149 Å². The first-order valence-corrected chi connectivity index (χ1v) is 8.96. The second-order valence-electron chi connectivity index (χ2n) is 6.80. The molecular weight excluding hydrogens is 314 g/mol. The molecule has 6 nitrogen and oxygen atoms in total. The van der Waals surface area contributed by atoms with Gasteiger partial charge in [0.1, 0.15) is 0 Å². The maximum Gasteiger partial charge on any atom is 0.225 e. The first-order valence-electron chi connectivity index (χ1n) is 8.96. The Morgan fingerprint density at radius 1 is 1.32 bits per heavy atom. The molecule has 0 saturated carbocycles. The predicted octanol–water partition coefficient (Wildman–Crippen LogP) is 2.53. The summed E-state index contributed by atoms with van der Waals surface area (Å²) in [5.41, 5.74) is 3.18. The molecule has 2 N–H and O–H groups in total. The maximum absolute atomic E-state index is 12.3. The molecule has 1 aliphatic rings. The molecule has 25 heavy (non-hydrogen) atoms. The van der Waals surface area contributed by atoms with Gasteiger partial charge < -0.3 is 15.5 Å². The fraction of sp³-hybridized carbons (Fsp3) is 0.474. The molecule has 0 spiro atoms. The lowest BCUT2D eigenvalue weighted by molar-refractivity contribution is -0.116. The van der Waals surface area contributed by atoms with E-state index in [1.54, 1.807) is 4.68 Å². The van der Waals surface area contributed by atoms with Crippen LogP contribution in [0.2, 0.25) is 0 Å². The largest absolute Gasteiger partial charge is 0.371 e. The molecule has 1 aromatic carbocycles. The van der Waals surface area contributed by atoms with Crippen LogP contribution in [0.4, 0.5) is 11.4 Å². The van der Waals surface area contributed by atoms with Gasteiger partial charge in [-0.2, -0.15) is 5.10 Å². The summed E-state index contributed by atoms with van der Waals surface area (Å²) in [6, 6.07) is 8.23. The van der Waals surface area contributed by atoms with Gasteiger partial charge in [0, 0.05) is 62.3 Å². The van der Waals surface area contributed by atoms with Gasteiger partial charge in [0.2, 0.25) is 5.91 Å². The molecule has 1 amide bonds. The number of nitrogens with zero attached hydrogens (tertiary/aromatic N) is 3. The van der Waals surface area contributed by atoms with Crippen LogP contribution in [0.5, 0.6) is 0 Å². The molecule has 6 heteroatoms. The van der Waals surface area contributed by atoms with E-state index in [-0.39, 0.29) is 11.9 Å². The fourth-order valence-electron chi connectivity index (χ4n) is 3.17. The van der Waals surface area contributed by atoms with Gasteiger partial charge in [0.15, 0.2) is 0 Å². The molecule has 0 radical (unpaired) electrons. The number of nitrogens with one attached hydrogen (secondary N) is 2. The van der Waals surface area contributed by atoms with Crippen LogP contribution in [-0.2, 0) is 18.4 Å². The third-order valence-electron chi connectivity index (χ3n) is 4.51. The Morgan fingerprint density at radius 3 is 2.84 bits per heavy atom. The Bertz CT molecular complexity index is 705. The van der Waals surface area contributed by atoms with E-state index in [1.807, 2.05) is 38.5 Å². The number of aromatic nitrogens is 2. The second-order valence-corrected chi connectivity index (χ2v) is 6.80. The summed E-state index contributed by atoms with van der Waals surface area (Å²) < 4.78 is 1.78. The molecule has 3 rings (SSSR count). The molecule has 1 atom stereocenters. The fourth-order valence-corrected chi connectivity index (χ4v) is 3.17. The van der Waals surface area contributed by atoms with Crippen molar-refractivity contribution in [2.24, 2.45) is 7.05 Å². The quantitative estimate of drug-likeness (QED) is 0.812. The van der Waals surface area contributed by atoms with E-state index < -0.39 is 0 Å². The standard InChI is InChI=1S/C19H27N5O/c1-15(20-12-16-13-21-23(2)14-16)10-19(25)22-17-6-5-7-18(11-17)24-8-3-4-9-24/h5-7,11,13-15,20H,3-4,8-10,12H2,1-2H3,(H,22,25). The second kappa shape index (κ2) is 8.16. The van der Waals surface area contributed by atoms with Gasteiger partial charge in [0.05, 0.1) is 6.20 Å². The number of aryl methyl sites for hydroxylation is 1. The Morgan fingerprint density at radius 2 is 2.12 bits per heavy atom. The highest BCUT2D eigenvalue weighted by atomic mass is 16.1. The highest BCUT2D eigenvalue weighted by Crippen LogP contribution is 2.23. The van der Waals surface area contributed by atoms with Crippen molar-refractivity contribution >= 4 is 17.3 Å². The smallest absolute Gasteiger partial charge is 0.225 e. The summed E-state index contributed by atoms with van der Waals surface area (Å²) in [6.07, 6.45) is 6.74. The number of hydrogen-bond donors (Lipinski definition) is 2. The van der Waals surface area contributed by atoms with Crippen molar-refractivity contribution in [1.29, 1.82) is 0 Å². The van der Waals surface area contributed by atoms with Crippen LogP contribution >= 0.6 is 0 Å². The molecule has 1 aromatic heterocycles. The van der Waals surface area contributed by atoms with E-state index in [0.717, 1.165) is 24.3 Å². The minimum absolute atomic E-state index is 0.0322. The lowest BCUT2D eigenvalue weighted by Crippen LogP contribution is -2.30. The summed E-state index contributed by atoms with van der Waals surface area (Å²) in [5.74, 6) is 0.0322. The number of amides is 1. The minimum Gasteiger partial charge on any atom is -0.371 e. The van der Waals surface area contributed by atoms with Crippen LogP contribution in [0.3, 0.4) is 0 Å². The molecule has 0 aliphatic carbocycles. The number of benzene rings is 1. The van der Waals surface area contributed by atoms with Crippen LogP contribution in [-0.4, -0.2) is 34.8 Å². The molecule has 1 fully saturated rings. The predicted molar refractivity (Wildman–Crippen MR) is 101 cm³/mol. The van der Waals surface area contributed by atoms with E-state index in [9.17, 15) is 4.79 Å². The average molecular weight is 341 g/mol. The normalized spacial score (nSPS) is 15.4. The van der Waals surface area contributed by atoms with Crippen LogP contribution in [0, 0.1) is 0 Å². The topological polar surface area (TPSA) is 62.2 Å². The lowest BCUT2D eigenvalue weighted by atomic mass is 10.2. The SMILES string of the molecule is CC(CC(=O)Nc1cccc(N2CCCC2)c1)NCc1cnn(C)c1. The molecular formula is C19H27N5O. The van der Waals surface area contributed by atoms with E-state index in [4.69, 9.17) is 0 Å². The summed E-state index contributed by atoms with van der Waals surface area (Å²) in [7, 11) is 1.90. The van der Waals surface area contributed by atoms with Gasteiger partial charge in [-0.15, -0.1) is 0 Å². The Hall–Kier alpha value is -2.34. The van der Waals surface area contributed by atoms with E-state index in [2.05, 4.69) is 32.8 Å². The van der Waals surface area contributed by atoms with Crippen LogP contribution in [0.1, 0.15) is 31.7 Å². The summed E-state index contributed by atoms with van der Waals surface area (Å²) in [6.45, 7) is 4.95. The number of anilines is 2. The van der Waals surface area contributed by atoms with Gasteiger partial charge in [0.25, 0.3) is 0 Å². The third kappa shape index (κ3) is 5.06. The first kappa shape index (κ1) is 17.5. The molecule has 2 heterocycles. The van der Waals surface area contributed by atoms with Crippen molar-refractivity contribution in [3.63, 3.8) is 0 Å². The zero-order chi connectivity index (χ0) is 17.6. The molecule has 134 valence electrons. The van der Waals surface area contributed by atoms with Crippen LogP contribution in [0.15, 0.2) is 36.7 Å². The zero-order valence-corrected chi connectivity index (χ0v) is 15.0. The summed E-state index contributed by atoms with van der Waals surface area (Å²) >= 11 is 0.